The molecule has 0 bridgehead atoms. The summed E-state index contributed by atoms with van der Waals surface area (Å²) in [6, 6.07) is 1.97. The van der Waals surface area contributed by atoms with Crippen molar-refractivity contribution in [2.75, 3.05) is 6.54 Å². The highest BCUT2D eigenvalue weighted by molar-refractivity contribution is 5.74. The summed E-state index contributed by atoms with van der Waals surface area (Å²) in [4.78, 5) is 11.8. The van der Waals surface area contributed by atoms with Crippen LogP contribution in [0.2, 0.25) is 0 Å². The van der Waals surface area contributed by atoms with Gasteiger partial charge in [0.15, 0.2) is 0 Å². The lowest BCUT2D eigenvalue weighted by Crippen LogP contribution is -2.42. The van der Waals surface area contributed by atoms with Crippen LogP contribution in [0.1, 0.15) is 29.0 Å². The number of hydrogen-bond donors (Lipinski definition) is 2. The van der Waals surface area contributed by atoms with Gasteiger partial charge >= 0.3 is 6.03 Å². The molecule has 2 N–H and O–H groups in total. The molecule has 1 atom stereocenters. The van der Waals surface area contributed by atoms with Crippen LogP contribution < -0.4 is 10.6 Å². The van der Waals surface area contributed by atoms with Gasteiger partial charge in [0.2, 0.25) is 0 Å². The van der Waals surface area contributed by atoms with Gasteiger partial charge in [0, 0.05) is 33.5 Å². The number of urea groups is 1. The van der Waals surface area contributed by atoms with Gasteiger partial charge in [0.25, 0.3) is 0 Å². The maximum absolute atomic E-state index is 11.8. The molecular formula is C16H26N4O. The van der Waals surface area contributed by atoms with Crippen LogP contribution in [0.15, 0.2) is 48.8 Å². The first kappa shape index (κ1) is 15.1. The summed E-state index contributed by atoms with van der Waals surface area (Å²) in [5.41, 5.74) is 1.80. The van der Waals surface area contributed by atoms with E-state index < -0.39 is 0 Å². The summed E-state index contributed by atoms with van der Waals surface area (Å²) < 4.78 is 1.76. The van der Waals surface area contributed by atoms with Crippen molar-refractivity contribution < 1.29 is 7.65 Å². The molecule has 5 heteroatoms. The molecule has 0 spiro atoms. The lowest BCUT2D eigenvalue weighted by atomic mass is 10.0. The smallest absolute Gasteiger partial charge is 0.315 e. The van der Waals surface area contributed by atoms with Crippen LogP contribution >= 0.6 is 0 Å². The minimum absolute atomic E-state index is 0. The number of rotatable bonds is 5. The average molecular weight is 290 g/mol. The minimum atomic E-state index is -0.137. The Morgan fingerprint density at radius 2 is 2.43 bits per heavy atom. The maximum Gasteiger partial charge on any atom is 0.315 e. The number of allylic oxidation sites excluding steroid dienone is 2. The van der Waals surface area contributed by atoms with Crippen LogP contribution in [0, 0.1) is 0 Å². The fourth-order valence-electron chi connectivity index (χ4n) is 2.24. The molecule has 0 aliphatic heterocycles. The third-order valence-corrected chi connectivity index (χ3v) is 3.36. The van der Waals surface area contributed by atoms with E-state index in [2.05, 4.69) is 34.5 Å². The lowest BCUT2D eigenvalue weighted by Gasteiger charge is -2.19. The summed E-state index contributed by atoms with van der Waals surface area (Å²) in [6.07, 6.45) is 12.7. The Balaban J connectivity index is 0.00000242. The van der Waals surface area contributed by atoms with Crippen LogP contribution in [0.4, 0.5) is 4.79 Å². The van der Waals surface area contributed by atoms with E-state index >= 15 is 0 Å². The second kappa shape index (κ2) is 7.47. The molecule has 2 amide bonds. The minimum Gasteiger partial charge on any atom is -0.335 e. The van der Waals surface area contributed by atoms with Gasteiger partial charge in [0.1, 0.15) is 0 Å². The molecular weight excluding hydrogens is 264 g/mol. The van der Waals surface area contributed by atoms with E-state index in [1.807, 2.05) is 25.3 Å². The lowest BCUT2D eigenvalue weighted by molar-refractivity contribution is 0.237. The fraction of sp³-hybridized carbons (Fsp3) is 0.375. The second-order valence-electron chi connectivity index (χ2n) is 5.20. The molecule has 0 radical (unpaired) electrons. The summed E-state index contributed by atoms with van der Waals surface area (Å²) in [5.74, 6) is 0. The Morgan fingerprint density at radius 1 is 1.57 bits per heavy atom. The number of hydrogen-bond acceptors (Lipinski definition) is 2. The van der Waals surface area contributed by atoms with E-state index in [0.29, 0.717) is 6.54 Å². The van der Waals surface area contributed by atoms with Crippen molar-refractivity contribution in [3.05, 3.63) is 48.8 Å². The van der Waals surface area contributed by atoms with Crippen LogP contribution in [0.5, 0.6) is 0 Å². The van der Waals surface area contributed by atoms with E-state index in [0.717, 1.165) is 30.5 Å². The zero-order valence-corrected chi connectivity index (χ0v) is 12.4. The molecule has 1 aromatic rings. The third-order valence-electron chi connectivity index (χ3n) is 3.36. The highest BCUT2D eigenvalue weighted by Crippen LogP contribution is 2.10. The number of carbonyl (C=O) groups is 1. The first-order chi connectivity index (χ1) is 10.1. The predicted octanol–water partition coefficient (Wildman–Crippen LogP) is 3.20. The average Bonchev–Trinajstić information content (AvgIpc) is 3.00. The van der Waals surface area contributed by atoms with Gasteiger partial charge in [-0.15, -0.1) is 0 Å². The fourth-order valence-corrected chi connectivity index (χ4v) is 2.24. The number of carbonyl (C=O) groups excluding carboxylic acids is 1. The van der Waals surface area contributed by atoms with Crippen LogP contribution in [0.25, 0.3) is 5.70 Å². The molecule has 116 valence electrons. The number of amides is 2. The van der Waals surface area contributed by atoms with Crippen LogP contribution in [-0.4, -0.2) is 28.4 Å². The molecule has 0 fully saturated rings. The zero-order valence-electron chi connectivity index (χ0n) is 12.4. The second-order valence-corrected chi connectivity index (χ2v) is 5.20. The van der Waals surface area contributed by atoms with Crippen molar-refractivity contribution in [1.29, 1.82) is 0 Å². The van der Waals surface area contributed by atoms with Crippen molar-refractivity contribution in [2.45, 2.75) is 32.2 Å². The normalized spacial score (nSPS) is 18.3. The Labute approximate surface area is 128 Å². The van der Waals surface area contributed by atoms with E-state index in [9.17, 15) is 4.79 Å². The van der Waals surface area contributed by atoms with Gasteiger partial charge in [0.05, 0.1) is 0 Å². The summed E-state index contributed by atoms with van der Waals surface area (Å²) in [7, 11) is 0. The number of aromatic nitrogens is 2. The van der Waals surface area contributed by atoms with Gasteiger partial charge in [-0.05, 0) is 43.9 Å². The van der Waals surface area contributed by atoms with E-state index in [4.69, 9.17) is 0 Å². The topological polar surface area (TPSA) is 59.0 Å². The Bertz CT molecular complexity index is 552. The van der Waals surface area contributed by atoms with E-state index in [-0.39, 0.29) is 14.9 Å². The standard InChI is InChI=1S/C16H22N4O.2H2/c1-13(11-14(2)20-10-6-9-18-20)12-17-16(21)19-15-7-4-3-5-8-15;;/h3-4,6,9-11,15H,1,5,7-8,12H2,2H3,(H2,17,19,21);2*1H/b14-11+;;/t15-;;/m1../s1. The van der Waals surface area contributed by atoms with E-state index in [1.165, 1.54) is 0 Å². The van der Waals surface area contributed by atoms with Crippen molar-refractivity contribution in [3.8, 4) is 0 Å². The molecule has 1 aliphatic rings. The summed E-state index contributed by atoms with van der Waals surface area (Å²) >= 11 is 0. The first-order valence-corrected chi connectivity index (χ1v) is 7.20. The largest absolute Gasteiger partial charge is 0.335 e. The van der Waals surface area contributed by atoms with Crippen LogP contribution in [0.3, 0.4) is 0 Å². The molecule has 0 saturated heterocycles. The first-order valence-electron chi connectivity index (χ1n) is 7.20. The van der Waals surface area contributed by atoms with Crippen molar-refractivity contribution in [2.24, 2.45) is 0 Å². The van der Waals surface area contributed by atoms with Crippen molar-refractivity contribution in [3.63, 3.8) is 0 Å². The molecule has 1 heterocycles. The molecule has 0 saturated carbocycles. The highest BCUT2D eigenvalue weighted by Gasteiger charge is 2.12. The molecule has 21 heavy (non-hydrogen) atoms. The van der Waals surface area contributed by atoms with Crippen molar-refractivity contribution >= 4 is 11.7 Å². The van der Waals surface area contributed by atoms with Crippen LogP contribution in [-0.2, 0) is 0 Å². The summed E-state index contributed by atoms with van der Waals surface area (Å²) in [5, 5.41) is 9.95. The van der Waals surface area contributed by atoms with Crippen molar-refractivity contribution in [1.82, 2.24) is 20.4 Å². The van der Waals surface area contributed by atoms with Gasteiger partial charge in [-0.1, -0.05) is 18.7 Å². The Morgan fingerprint density at radius 3 is 3.10 bits per heavy atom. The quantitative estimate of drug-likeness (QED) is 0.646. The molecule has 1 aromatic heterocycles. The molecule has 0 aromatic carbocycles. The third kappa shape index (κ3) is 4.95. The number of nitrogens with zero attached hydrogens (tertiary/aromatic N) is 2. The maximum atomic E-state index is 11.8. The zero-order chi connectivity index (χ0) is 15.1. The molecule has 1 aliphatic carbocycles. The Hall–Kier alpha value is -2.30. The number of nitrogens with one attached hydrogen (secondary N) is 2. The molecule has 2 rings (SSSR count). The SMILES string of the molecule is C=C(/C=C(\C)n1cccn1)CNC(=O)N[C@@H]1CC=CCC1.[HH].[HH]. The Kier molecular flexibility index (Phi) is 5.37. The van der Waals surface area contributed by atoms with Gasteiger partial charge in [-0.2, -0.15) is 5.10 Å². The van der Waals surface area contributed by atoms with Gasteiger partial charge in [-0.3, -0.25) is 0 Å². The monoisotopic (exact) mass is 290 g/mol. The highest BCUT2D eigenvalue weighted by atomic mass is 16.2. The summed E-state index contributed by atoms with van der Waals surface area (Å²) in [6.45, 7) is 6.33. The molecule has 5 nitrogen and oxygen atoms in total. The predicted molar refractivity (Wildman–Crippen MR) is 88.9 cm³/mol. The van der Waals surface area contributed by atoms with E-state index in [1.54, 1.807) is 10.9 Å². The van der Waals surface area contributed by atoms with Gasteiger partial charge < -0.3 is 10.6 Å². The molecule has 0 unspecified atom stereocenters. The van der Waals surface area contributed by atoms with Gasteiger partial charge in [-0.25, -0.2) is 9.48 Å².